The molecule has 6 rings (SSSR count). The van der Waals surface area contributed by atoms with Crippen LogP contribution in [-0.4, -0.2) is 57.3 Å². The van der Waals surface area contributed by atoms with Crippen molar-refractivity contribution in [1.29, 1.82) is 0 Å². The van der Waals surface area contributed by atoms with Gasteiger partial charge in [0.05, 0.1) is 5.56 Å². The molecule has 1 aromatic carbocycles. The molecule has 1 atom stereocenters. The number of benzene rings is 1. The highest BCUT2D eigenvalue weighted by Crippen LogP contribution is 2.42. The van der Waals surface area contributed by atoms with E-state index >= 15 is 0 Å². The lowest BCUT2D eigenvalue weighted by atomic mass is 10.0. The Kier molecular flexibility index (Phi) is 5.72. The molecule has 0 aliphatic carbocycles. The Labute approximate surface area is 208 Å². The molecule has 11 heteroatoms. The van der Waals surface area contributed by atoms with E-state index in [1.54, 1.807) is 33.3 Å². The summed E-state index contributed by atoms with van der Waals surface area (Å²) in [6, 6.07) is 11.5. The van der Waals surface area contributed by atoms with Crippen LogP contribution >= 0.6 is 0 Å². The van der Waals surface area contributed by atoms with Crippen molar-refractivity contribution >= 4 is 35.1 Å². The first-order chi connectivity index (χ1) is 17.6. The number of pyridine rings is 1. The molecular formula is C25H27N9O2. The summed E-state index contributed by atoms with van der Waals surface area (Å²) in [7, 11) is 0. The largest absolute Gasteiger partial charge is 0.372 e. The summed E-state index contributed by atoms with van der Waals surface area (Å²) in [5.41, 5.74) is 4.06. The first-order valence-corrected chi connectivity index (χ1v) is 12.0. The highest BCUT2D eigenvalue weighted by molar-refractivity contribution is 5.93. The van der Waals surface area contributed by atoms with Gasteiger partial charge in [-0.1, -0.05) is 18.2 Å². The minimum absolute atomic E-state index is 0.182. The summed E-state index contributed by atoms with van der Waals surface area (Å²) in [5.74, 6) is 1.97. The Morgan fingerprint density at radius 2 is 2.06 bits per heavy atom. The number of aliphatic hydroxyl groups is 1. The maximum Gasteiger partial charge on any atom is 0.323 e. The van der Waals surface area contributed by atoms with Crippen LogP contribution in [0, 0.1) is 0 Å². The Morgan fingerprint density at radius 3 is 2.89 bits per heavy atom. The van der Waals surface area contributed by atoms with Gasteiger partial charge in [0.15, 0.2) is 17.9 Å². The van der Waals surface area contributed by atoms with E-state index in [9.17, 15) is 9.90 Å². The van der Waals surface area contributed by atoms with Gasteiger partial charge in [-0.3, -0.25) is 4.90 Å². The number of anilines is 5. The fraction of sp³-hybridized carbons (Fsp3) is 0.280. The molecule has 11 nitrogen and oxygen atoms in total. The van der Waals surface area contributed by atoms with Gasteiger partial charge in [0.1, 0.15) is 5.82 Å². The molecule has 3 aromatic rings. The molecule has 0 saturated carbocycles. The highest BCUT2D eigenvalue weighted by atomic mass is 16.3. The van der Waals surface area contributed by atoms with E-state index in [1.807, 2.05) is 18.2 Å². The van der Waals surface area contributed by atoms with E-state index in [0.29, 0.717) is 48.6 Å². The molecular weight excluding hydrogens is 458 g/mol. The van der Waals surface area contributed by atoms with Gasteiger partial charge in [0.25, 0.3) is 0 Å². The molecule has 2 aromatic heterocycles. The SMILES string of the molecule is C=CCN1C(O)c2cnc(Nc3ccc4c(c3)CNCC4)nc2N1c1cccc(N2CCNC2=O)n1. The lowest BCUT2D eigenvalue weighted by Crippen LogP contribution is -2.37. The first-order valence-electron chi connectivity index (χ1n) is 12.0. The van der Waals surface area contributed by atoms with E-state index in [2.05, 4.69) is 39.6 Å². The van der Waals surface area contributed by atoms with Crippen molar-refractivity contribution in [2.75, 3.05) is 41.4 Å². The second kappa shape index (κ2) is 9.19. The summed E-state index contributed by atoms with van der Waals surface area (Å²) in [6.45, 7) is 7.13. The Balaban J connectivity index is 1.35. The Hall–Kier alpha value is -4.06. The number of hydrogen-bond acceptors (Lipinski definition) is 9. The third-order valence-electron chi connectivity index (χ3n) is 6.55. The van der Waals surface area contributed by atoms with Gasteiger partial charge >= 0.3 is 6.03 Å². The number of urea groups is 1. The zero-order valence-corrected chi connectivity index (χ0v) is 19.7. The van der Waals surface area contributed by atoms with Crippen molar-refractivity contribution in [2.24, 2.45) is 0 Å². The third-order valence-corrected chi connectivity index (χ3v) is 6.55. The summed E-state index contributed by atoms with van der Waals surface area (Å²) in [4.78, 5) is 27.7. The Bertz CT molecular complexity index is 1330. The number of aromatic nitrogens is 3. The number of nitrogens with one attached hydrogen (secondary N) is 3. The topological polar surface area (TPSA) is 122 Å². The van der Waals surface area contributed by atoms with Gasteiger partial charge in [0.2, 0.25) is 5.95 Å². The molecule has 3 aliphatic heterocycles. The summed E-state index contributed by atoms with van der Waals surface area (Å²) < 4.78 is 0. The minimum atomic E-state index is -0.970. The molecule has 3 aliphatic rings. The molecule has 0 bridgehead atoms. The van der Waals surface area contributed by atoms with Crippen molar-refractivity contribution in [1.82, 2.24) is 30.6 Å². The number of hydrazine groups is 1. The molecule has 5 heterocycles. The number of nitrogens with zero attached hydrogens (tertiary/aromatic N) is 6. The zero-order valence-electron chi connectivity index (χ0n) is 19.7. The van der Waals surface area contributed by atoms with Crippen LogP contribution in [0.15, 0.2) is 55.3 Å². The van der Waals surface area contributed by atoms with E-state index in [4.69, 9.17) is 9.97 Å². The van der Waals surface area contributed by atoms with Crippen LogP contribution in [0.25, 0.3) is 0 Å². The first kappa shape index (κ1) is 22.4. The van der Waals surface area contributed by atoms with Gasteiger partial charge in [-0.15, -0.1) is 6.58 Å². The lowest BCUT2D eigenvalue weighted by Gasteiger charge is -2.30. The molecule has 0 radical (unpaired) electrons. The van der Waals surface area contributed by atoms with E-state index < -0.39 is 6.23 Å². The normalized spacial score (nSPS) is 19.1. The highest BCUT2D eigenvalue weighted by Gasteiger charge is 2.39. The molecule has 184 valence electrons. The van der Waals surface area contributed by atoms with Crippen LogP contribution < -0.4 is 25.9 Å². The molecule has 0 spiro atoms. The van der Waals surface area contributed by atoms with Crippen molar-refractivity contribution in [3.05, 3.63) is 71.9 Å². The maximum atomic E-state index is 12.2. The van der Waals surface area contributed by atoms with Gasteiger partial charge in [0, 0.05) is 38.1 Å². The van der Waals surface area contributed by atoms with Crippen LogP contribution in [0.1, 0.15) is 22.9 Å². The summed E-state index contributed by atoms with van der Waals surface area (Å²) >= 11 is 0. The smallest absolute Gasteiger partial charge is 0.323 e. The molecule has 2 amide bonds. The molecule has 1 saturated heterocycles. The van der Waals surface area contributed by atoms with Crippen molar-refractivity contribution in [2.45, 2.75) is 19.2 Å². The average molecular weight is 486 g/mol. The predicted octanol–water partition coefficient (Wildman–Crippen LogP) is 2.34. The lowest BCUT2D eigenvalue weighted by molar-refractivity contribution is 0.0247. The Morgan fingerprint density at radius 1 is 1.17 bits per heavy atom. The molecule has 1 unspecified atom stereocenters. The van der Waals surface area contributed by atoms with Crippen LogP contribution in [0.2, 0.25) is 0 Å². The quantitative estimate of drug-likeness (QED) is 0.390. The second-order valence-corrected chi connectivity index (χ2v) is 8.84. The van der Waals surface area contributed by atoms with Gasteiger partial charge in [-0.05, 0) is 48.4 Å². The minimum Gasteiger partial charge on any atom is -0.372 e. The number of carbonyl (C=O) groups excluding carboxylic acids is 1. The van der Waals surface area contributed by atoms with Crippen molar-refractivity contribution in [3.8, 4) is 0 Å². The van der Waals surface area contributed by atoms with Gasteiger partial charge < -0.3 is 21.1 Å². The van der Waals surface area contributed by atoms with E-state index in [1.165, 1.54) is 11.1 Å². The van der Waals surface area contributed by atoms with Crippen LogP contribution in [0.5, 0.6) is 0 Å². The third kappa shape index (κ3) is 3.92. The van der Waals surface area contributed by atoms with Gasteiger partial charge in [-0.25, -0.2) is 19.8 Å². The maximum absolute atomic E-state index is 12.2. The molecule has 1 fully saturated rings. The number of aliphatic hydroxyl groups excluding tert-OH is 1. The number of fused-ring (bicyclic) bond motifs is 2. The van der Waals surface area contributed by atoms with Gasteiger partial charge in [-0.2, -0.15) is 9.99 Å². The number of carbonyl (C=O) groups is 1. The van der Waals surface area contributed by atoms with Crippen LogP contribution in [0.3, 0.4) is 0 Å². The second-order valence-electron chi connectivity index (χ2n) is 8.84. The summed E-state index contributed by atoms with van der Waals surface area (Å²) in [5, 5.41) is 24.0. The number of hydrogen-bond donors (Lipinski definition) is 4. The number of rotatable bonds is 6. The predicted molar refractivity (Wildman–Crippen MR) is 136 cm³/mol. The van der Waals surface area contributed by atoms with Crippen LogP contribution in [0.4, 0.5) is 33.9 Å². The fourth-order valence-corrected chi connectivity index (χ4v) is 4.80. The molecule has 4 N–H and O–H groups in total. The fourth-order valence-electron chi connectivity index (χ4n) is 4.80. The van der Waals surface area contributed by atoms with Crippen molar-refractivity contribution in [3.63, 3.8) is 0 Å². The van der Waals surface area contributed by atoms with Crippen LogP contribution in [-0.2, 0) is 13.0 Å². The van der Waals surface area contributed by atoms with E-state index in [-0.39, 0.29) is 6.03 Å². The van der Waals surface area contributed by atoms with E-state index in [0.717, 1.165) is 25.2 Å². The molecule has 36 heavy (non-hydrogen) atoms. The zero-order chi connectivity index (χ0) is 24.6. The summed E-state index contributed by atoms with van der Waals surface area (Å²) in [6.07, 6.45) is 3.38. The average Bonchev–Trinajstić information content (AvgIpc) is 3.45. The number of amides is 2. The van der Waals surface area contributed by atoms with Crippen molar-refractivity contribution < 1.29 is 9.90 Å². The monoisotopic (exact) mass is 485 g/mol. The standard InChI is InChI=1S/C25H27N9O2/c1-2-11-33-23(35)19-15-28-24(29-18-7-6-16-8-9-26-14-17(16)13-18)31-22(19)34(33)21-5-3-4-20(30-21)32-12-10-27-25(32)36/h2-7,13,15,23,26,35H,1,8-12,14H2,(H,27,36)(H,28,29,31).